The monoisotopic (exact) mass is 357 g/mol. The molecule has 6 nitrogen and oxygen atoms in total. The van der Waals surface area contributed by atoms with Crippen molar-refractivity contribution in [1.82, 2.24) is 5.32 Å². The quantitative estimate of drug-likeness (QED) is 0.734. The Morgan fingerprint density at radius 1 is 1.04 bits per heavy atom. The Balaban J connectivity index is 1.73. The summed E-state index contributed by atoms with van der Waals surface area (Å²) in [5, 5.41) is 2.76. The van der Waals surface area contributed by atoms with E-state index in [0.29, 0.717) is 12.3 Å². The first-order chi connectivity index (χ1) is 12.6. The normalized spacial score (nSPS) is 11.3. The highest BCUT2D eigenvalue weighted by Crippen LogP contribution is 2.19. The lowest BCUT2D eigenvalue weighted by molar-refractivity contribution is -0.142. The Bertz CT molecular complexity index is 700. The van der Waals surface area contributed by atoms with Crippen molar-refractivity contribution >= 4 is 12.1 Å². The Kier molecular flexibility index (Phi) is 7.49. The van der Waals surface area contributed by atoms with Gasteiger partial charge in [-0.15, -0.1) is 0 Å². The first kappa shape index (κ1) is 19.3. The summed E-state index contributed by atoms with van der Waals surface area (Å²) in [4.78, 5) is 22.8. The van der Waals surface area contributed by atoms with E-state index in [4.69, 9.17) is 9.47 Å². The maximum absolute atomic E-state index is 11.8. The minimum absolute atomic E-state index is 0.105. The summed E-state index contributed by atoms with van der Waals surface area (Å²) in [6.07, 6.45) is -0.446. The molecule has 1 atom stereocenters. The van der Waals surface area contributed by atoms with Crippen molar-refractivity contribution in [1.29, 1.82) is 0 Å². The van der Waals surface area contributed by atoms with Crippen LogP contribution < -0.4 is 10.1 Å². The molecule has 0 fully saturated rings. The number of alkyl carbamates (subject to hydrolysis) is 1. The molecule has 0 spiro atoms. The Labute approximate surface area is 153 Å². The molecule has 2 aromatic carbocycles. The number of nitrogens with one attached hydrogen (secondary N) is 1. The van der Waals surface area contributed by atoms with Crippen LogP contribution >= 0.6 is 0 Å². The van der Waals surface area contributed by atoms with Crippen LogP contribution in [0.2, 0.25) is 0 Å². The maximum atomic E-state index is 11.8. The van der Waals surface area contributed by atoms with E-state index in [9.17, 15) is 9.59 Å². The fourth-order valence-electron chi connectivity index (χ4n) is 2.22. The maximum Gasteiger partial charge on any atom is 0.407 e. The van der Waals surface area contributed by atoms with E-state index in [1.165, 1.54) is 7.11 Å². The lowest BCUT2D eigenvalue weighted by Gasteiger charge is -2.14. The SMILES string of the molecule is COC(=O)COc1ccc(C(C)CNC(=O)OCc2ccccc2)cc1. The Hall–Kier alpha value is -3.02. The van der Waals surface area contributed by atoms with Gasteiger partial charge < -0.3 is 19.5 Å². The highest BCUT2D eigenvalue weighted by molar-refractivity contribution is 5.70. The molecule has 0 aliphatic heterocycles. The fourth-order valence-corrected chi connectivity index (χ4v) is 2.22. The van der Waals surface area contributed by atoms with Gasteiger partial charge in [0.15, 0.2) is 6.61 Å². The number of hydrogen-bond donors (Lipinski definition) is 1. The number of esters is 1. The molecule has 0 aromatic heterocycles. The zero-order valence-corrected chi connectivity index (χ0v) is 14.9. The predicted molar refractivity (Wildman–Crippen MR) is 97.0 cm³/mol. The van der Waals surface area contributed by atoms with Crippen molar-refractivity contribution in [3.8, 4) is 5.75 Å². The molecular formula is C20H23NO5. The Morgan fingerprint density at radius 2 is 1.73 bits per heavy atom. The number of carbonyl (C=O) groups is 2. The zero-order valence-electron chi connectivity index (χ0n) is 14.9. The van der Waals surface area contributed by atoms with Crippen molar-refractivity contribution in [2.45, 2.75) is 19.4 Å². The van der Waals surface area contributed by atoms with Crippen molar-refractivity contribution < 1.29 is 23.8 Å². The van der Waals surface area contributed by atoms with Gasteiger partial charge in [-0.3, -0.25) is 0 Å². The summed E-state index contributed by atoms with van der Waals surface area (Å²) in [5.41, 5.74) is 1.98. The summed E-state index contributed by atoms with van der Waals surface area (Å²) in [6, 6.07) is 16.9. The summed E-state index contributed by atoms with van der Waals surface area (Å²) in [7, 11) is 1.31. The minimum Gasteiger partial charge on any atom is -0.482 e. The van der Waals surface area contributed by atoms with E-state index >= 15 is 0 Å². The average molecular weight is 357 g/mol. The van der Waals surface area contributed by atoms with Crippen LogP contribution in [0.25, 0.3) is 0 Å². The highest BCUT2D eigenvalue weighted by atomic mass is 16.6. The molecule has 0 heterocycles. The highest BCUT2D eigenvalue weighted by Gasteiger charge is 2.09. The van der Waals surface area contributed by atoms with Gasteiger partial charge in [0.1, 0.15) is 12.4 Å². The predicted octanol–water partition coefficient (Wildman–Crippen LogP) is 3.27. The molecule has 2 aromatic rings. The number of amides is 1. The number of ether oxygens (including phenoxy) is 3. The first-order valence-corrected chi connectivity index (χ1v) is 8.32. The molecule has 6 heteroatoms. The minimum atomic E-state index is -0.446. The second kappa shape index (κ2) is 10.1. The second-order valence-electron chi connectivity index (χ2n) is 5.78. The molecule has 2 rings (SSSR count). The van der Waals surface area contributed by atoms with Gasteiger partial charge in [0, 0.05) is 6.54 Å². The van der Waals surface area contributed by atoms with E-state index < -0.39 is 12.1 Å². The summed E-state index contributed by atoms with van der Waals surface area (Å²) < 4.78 is 15.0. The van der Waals surface area contributed by atoms with Gasteiger partial charge in [0.2, 0.25) is 0 Å². The summed E-state index contributed by atoms with van der Waals surface area (Å²) in [6.45, 7) is 2.57. The Morgan fingerprint density at radius 3 is 2.38 bits per heavy atom. The van der Waals surface area contributed by atoms with E-state index in [2.05, 4.69) is 10.1 Å². The molecule has 1 N–H and O–H groups in total. The third-order valence-corrected chi connectivity index (χ3v) is 3.80. The van der Waals surface area contributed by atoms with Crippen LogP contribution in [0.1, 0.15) is 24.0 Å². The third-order valence-electron chi connectivity index (χ3n) is 3.80. The van der Waals surface area contributed by atoms with Gasteiger partial charge in [-0.25, -0.2) is 9.59 Å². The van der Waals surface area contributed by atoms with Crippen molar-refractivity contribution in [3.63, 3.8) is 0 Å². The van der Waals surface area contributed by atoms with Gasteiger partial charge in [-0.05, 0) is 29.2 Å². The number of rotatable bonds is 8. The molecule has 0 aliphatic rings. The summed E-state index contributed by atoms with van der Waals surface area (Å²) >= 11 is 0. The number of carbonyl (C=O) groups excluding carboxylic acids is 2. The van der Waals surface area contributed by atoms with Crippen molar-refractivity contribution in [3.05, 3.63) is 65.7 Å². The molecule has 0 bridgehead atoms. The van der Waals surface area contributed by atoms with E-state index in [1.807, 2.05) is 49.4 Å². The van der Waals surface area contributed by atoms with Gasteiger partial charge in [0.05, 0.1) is 7.11 Å². The van der Waals surface area contributed by atoms with Crippen LogP contribution in [0.5, 0.6) is 5.75 Å². The fraction of sp³-hybridized carbons (Fsp3) is 0.300. The molecule has 0 saturated heterocycles. The number of hydrogen-bond acceptors (Lipinski definition) is 5. The smallest absolute Gasteiger partial charge is 0.407 e. The van der Waals surface area contributed by atoms with Crippen LogP contribution in [-0.2, 0) is 20.9 Å². The lowest BCUT2D eigenvalue weighted by atomic mass is 10.0. The molecule has 138 valence electrons. The largest absolute Gasteiger partial charge is 0.482 e. The van der Waals surface area contributed by atoms with E-state index in [1.54, 1.807) is 12.1 Å². The van der Waals surface area contributed by atoms with Crippen molar-refractivity contribution in [2.75, 3.05) is 20.3 Å². The molecule has 1 unspecified atom stereocenters. The van der Waals surface area contributed by atoms with Crippen molar-refractivity contribution in [2.24, 2.45) is 0 Å². The molecule has 0 saturated carbocycles. The second-order valence-corrected chi connectivity index (χ2v) is 5.78. The lowest BCUT2D eigenvalue weighted by Crippen LogP contribution is -2.28. The topological polar surface area (TPSA) is 73.9 Å². The van der Waals surface area contributed by atoms with Crippen LogP contribution in [0.4, 0.5) is 4.79 Å². The molecule has 26 heavy (non-hydrogen) atoms. The standard InChI is InChI=1S/C20H23NO5/c1-15(12-21-20(23)26-13-16-6-4-3-5-7-16)17-8-10-18(11-9-17)25-14-19(22)24-2/h3-11,15H,12-14H2,1-2H3,(H,21,23). The zero-order chi connectivity index (χ0) is 18.8. The number of benzene rings is 2. The van der Waals surface area contributed by atoms with Crippen LogP contribution in [0.3, 0.4) is 0 Å². The summed E-state index contributed by atoms with van der Waals surface area (Å²) in [5.74, 6) is 0.260. The number of methoxy groups -OCH3 is 1. The molecule has 0 aliphatic carbocycles. The van der Waals surface area contributed by atoms with Crippen LogP contribution in [0.15, 0.2) is 54.6 Å². The molecular weight excluding hydrogens is 334 g/mol. The van der Waals surface area contributed by atoms with Gasteiger partial charge >= 0.3 is 12.1 Å². The molecule has 0 radical (unpaired) electrons. The van der Waals surface area contributed by atoms with Crippen LogP contribution in [-0.4, -0.2) is 32.3 Å². The van der Waals surface area contributed by atoms with Crippen LogP contribution in [0, 0.1) is 0 Å². The van der Waals surface area contributed by atoms with Gasteiger partial charge in [0.25, 0.3) is 0 Å². The van der Waals surface area contributed by atoms with E-state index in [0.717, 1.165) is 11.1 Å². The van der Waals surface area contributed by atoms with Gasteiger partial charge in [-0.2, -0.15) is 0 Å². The first-order valence-electron chi connectivity index (χ1n) is 8.32. The van der Waals surface area contributed by atoms with E-state index in [-0.39, 0.29) is 19.1 Å². The average Bonchev–Trinajstić information content (AvgIpc) is 2.69. The van der Waals surface area contributed by atoms with Gasteiger partial charge in [-0.1, -0.05) is 49.4 Å². The molecule has 1 amide bonds. The third kappa shape index (κ3) is 6.47.